The third-order valence-electron chi connectivity index (χ3n) is 1.09. The van der Waals surface area contributed by atoms with Gasteiger partial charge in [0.2, 0.25) is 0 Å². The molecule has 0 aromatic rings. The molecule has 0 saturated carbocycles. The van der Waals surface area contributed by atoms with Gasteiger partial charge >= 0.3 is 6.09 Å². The molecule has 13 heavy (non-hydrogen) atoms. The zero-order valence-electron chi connectivity index (χ0n) is 11.3. The highest BCUT2D eigenvalue weighted by molar-refractivity contribution is 5.67. The van der Waals surface area contributed by atoms with Crippen LogP contribution in [0, 0.1) is 0 Å². The van der Waals surface area contributed by atoms with Gasteiger partial charge < -0.3 is 14.8 Å². The number of methoxy groups -OCH3 is 1. The molecule has 0 radical (unpaired) electrons. The molecular weight excluding hydrogens is 170 g/mol. The maximum atomic E-state index is 11.1. The highest BCUT2D eigenvalue weighted by Gasteiger charge is 2.15. The topological polar surface area (TPSA) is 47.6 Å². The van der Waals surface area contributed by atoms with Crippen molar-refractivity contribution in [2.45, 2.75) is 32.8 Å². The lowest BCUT2D eigenvalue weighted by atomic mass is 10.2. The van der Waals surface area contributed by atoms with Gasteiger partial charge in [0.15, 0.2) is 0 Å². The fraction of sp³-hybridized carbons (Fsp3) is 0.889. The fourth-order valence-electron chi connectivity index (χ4n) is 0.649. The molecule has 4 heteroatoms. The molecule has 0 aliphatic heterocycles. The SMILES string of the molecule is [2H]C([2H])([2H])OCCCNC(=O)OC(C)(C)C. The second-order valence-electron chi connectivity index (χ2n) is 3.63. The van der Waals surface area contributed by atoms with Crippen LogP contribution in [0.5, 0.6) is 0 Å². The summed E-state index contributed by atoms with van der Waals surface area (Å²) in [6, 6.07) is 0. The van der Waals surface area contributed by atoms with Crippen LogP contribution < -0.4 is 5.32 Å². The van der Waals surface area contributed by atoms with E-state index in [1.54, 1.807) is 20.8 Å². The van der Waals surface area contributed by atoms with E-state index in [0.29, 0.717) is 13.0 Å². The number of hydrogen-bond acceptors (Lipinski definition) is 3. The Morgan fingerprint density at radius 2 is 2.23 bits per heavy atom. The molecule has 0 rings (SSSR count). The standard InChI is InChI=1S/C9H19NO3/c1-9(2,3)13-8(11)10-6-5-7-12-4/h5-7H2,1-4H3,(H,10,11)/i4D3. The number of amides is 1. The van der Waals surface area contributed by atoms with Gasteiger partial charge in [-0.05, 0) is 27.2 Å². The van der Waals surface area contributed by atoms with Crippen molar-refractivity contribution in [1.82, 2.24) is 5.32 Å². The van der Waals surface area contributed by atoms with Gasteiger partial charge in [0, 0.05) is 20.2 Å². The van der Waals surface area contributed by atoms with Crippen LogP contribution in [0.3, 0.4) is 0 Å². The summed E-state index contributed by atoms with van der Waals surface area (Å²) < 4.78 is 29.8. The van der Waals surface area contributed by atoms with E-state index in [2.05, 4.69) is 10.1 Å². The van der Waals surface area contributed by atoms with Gasteiger partial charge in [0.1, 0.15) is 5.60 Å². The molecule has 0 heterocycles. The van der Waals surface area contributed by atoms with Crippen LogP contribution >= 0.6 is 0 Å². The number of carbonyl (C=O) groups excluding carboxylic acids is 1. The Bertz CT molecular complexity index is 223. The van der Waals surface area contributed by atoms with Crippen LogP contribution in [0.1, 0.15) is 31.3 Å². The average Bonchev–Trinajstić information content (AvgIpc) is 1.97. The highest BCUT2D eigenvalue weighted by atomic mass is 16.6. The van der Waals surface area contributed by atoms with Crippen molar-refractivity contribution in [3.63, 3.8) is 0 Å². The normalized spacial score (nSPS) is 15.5. The van der Waals surface area contributed by atoms with E-state index < -0.39 is 18.7 Å². The fourth-order valence-corrected chi connectivity index (χ4v) is 0.649. The van der Waals surface area contributed by atoms with Crippen molar-refractivity contribution in [3.8, 4) is 0 Å². The Hall–Kier alpha value is -0.770. The van der Waals surface area contributed by atoms with Crippen LogP contribution in [-0.2, 0) is 9.47 Å². The molecule has 0 aliphatic carbocycles. The largest absolute Gasteiger partial charge is 0.444 e. The van der Waals surface area contributed by atoms with Crippen molar-refractivity contribution in [2.75, 3.05) is 20.2 Å². The quantitative estimate of drug-likeness (QED) is 0.687. The number of ether oxygens (including phenoxy) is 2. The second-order valence-corrected chi connectivity index (χ2v) is 3.63. The average molecular weight is 192 g/mol. The summed E-state index contributed by atoms with van der Waals surface area (Å²) in [6.07, 6.45) is -0.0844. The molecule has 78 valence electrons. The van der Waals surface area contributed by atoms with E-state index in [4.69, 9.17) is 8.85 Å². The molecule has 0 bridgehead atoms. The number of nitrogens with one attached hydrogen (secondary N) is 1. The lowest BCUT2D eigenvalue weighted by Gasteiger charge is -2.19. The molecular formula is C9H19NO3. The van der Waals surface area contributed by atoms with Crippen molar-refractivity contribution in [2.24, 2.45) is 0 Å². The Morgan fingerprint density at radius 1 is 1.54 bits per heavy atom. The smallest absolute Gasteiger partial charge is 0.407 e. The van der Waals surface area contributed by atoms with Crippen molar-refractivity contribution < 1.29 is 18.4 Å². The van der Waals surface area contributed by atoms with Gasteiger partial charge in [-0.1, -0.05) is 0 Å². The Labute approximate surface area is 83.8 Å². The minimum Gasteiger partial charge on any atom is -0.444 e. The summed E-state index contributed by atoms with van der Waals surface area (Å²) in [6.45, 7) is 5.70. The highest BCUT2D eigenvalue weighted by Crippen LogP contribution is 2.06. The predicted octanol–water partition coefficient (Wildman–Crippen LogP) is 1.55. The van der Waals surface area contributed by atoms with Crippen LogP contribution in [-0.4, -0.2) is 31.9 Å². The van der Waals surface area contributed by atoms with Crippen LogP contribution in [0.2, 0.25) is 0 Å². The Balaban J connectivity index is 3.50. The third kappa shape index (κ3) is 9.14. The van der Waals surface area contributed by atoms with E-state index >= 15 is 0 Å². The first-order valence-electron chi connectivity index (χ1n) is 5.71. The van der Waals surface area contributed by atoms with Gasteiger partial charge in [-0.15, -0.1) is 0 Å². The summed E-state index contributed by atoms with van der Waals surface area (Å²) in [7, 11) is -2.37. The van der Waals surface area contributed by atoms with E-state index in [1.165, 1.54) is 0 Å². The molecule has 0 aromatic carbocycles. The van der Waals surface area contributed by atoms with E-state index in [9.17, 15) is 4.79 Å². The molecule has 4 nitrogen and oxygen atoms in total. The lowest BCUT2D eigenvalue weighted by Crippen LogP contribution is -2.33. The first-order chi connectivity index (χ1) is 7.10. The second kappa shape index (κ2) is 5.80. The van der Waals surface area contributed by atoms with E-state index in [-0.39, 0.29) is 6.61 Å². The molecule has 1 amide bonds. The Morgan fingerprint density at radius 3 is 2.77 bits per heavy atom. The summed E-state index contributed by atoms with van der Waals surface area (Å²) in [5, 5.41) is 2.50. The summed E-state index contributed by atoms with van der Waals surface area (Å²) >= 11 is 0. The third-order valence-corrected chi connectivity index (χ3v) is 1.09. The molecule has 0 saturated heterocycles. The van der Waals surface area contributed by atoms with E-state index in [1.807, 2.05) is 0 Å². The van der Waals surface area contributed by atoms with Crippen LogP contribution in [0.15, 0.2) is 0 Å². The maximum absolute atomic E-state index is 11.1. The van der Waals surface area contributed by atoms with Crippen LogP contribution in [0.25, 0.3) is 0 Å². The molecule has 0 aliphatic rings. The summed E-state index contributed by atoms with van der Waals surface area (Å²) in [5.41, 5.74) is -0.528. The molecule has 0 spiro atoms. The number of alkyl carbamates (subject to hydrolysis) is 1. The monoisotopic (exact) mass is 192 g/mol. The maximum Gasteiger partial charge on any atom is 0.407 e. The first kappa shape index (κ1) is 7.62. The molecule has 0 atom stereocenters. The number of rotatable bonds is 4. The summed E-state index contributed by atoms with van der Waals surface area (Å²) in [5.74, 6) is 0. The molecule has 1 N–H and O–H groups in total. The van der Waals surface area contributed by atoms with Crippen molar-refractivity contribution in [3.05, 3.63) is 0 Å². The summed E-state index contributed by atoms with van der Waals surface area (Å²) in [4.78, 5) is 11.1. The van der Waals surface area contributed by atoms with Gasteiger partial charge in [-0.25, -0.2) is 4.79 Å². The van der Waals surface area contributed by atoms with Crippen molar-refractivity contribution in [1.29, 1.82) is 0 Å². The number of hydrogen-bond donors (Lipinski definition) is 1. The van der Waals surface area contributed by atoms with Gasteiger partial charge in [0.05, 0.1) is 4.11 Å². The van der Waals surface area contributed by atoms with Gasteiger partial charge in [-0.3, -0.25) is 0 Å². The zero-order chi connectivity index (χ0) is 12.8. The van der Waals surface area contributed by atoms with Crippen molar-refractivity contribution >= 4 is 6.09 Å². The Kier molecular flexibility index (Phi) is 3.40. The van der Waals surface area contributed by atoms with Gasteiger partial charge in [0.25, 0.3) is 0 Å². The minimum atomic E-state index is -2.37. The van der Waals surface area contributed by atoms with E-state index in [0.717, 1.165) is 0 Å². The number of carbonyl (C=O) groups is 1. The molecule has 0 fully saturated rings. The lowest BCUT2D eigenvalue weighted by molar-refractivity contribution is 0.0523. The minimum absolute atomic E-state index is 0.0757. The molecule has 0 aromatic heterocycles. The predicted molar refractivity (Wildman–Crippen MR) is 50.7 cm³/mol. The van der Waals surface area contributed by atoms with Crippen LogP contribution in [0.4, 0.5) is 4.79 Å². The van der Waals surface area contributed by atoms with Gasteiger partial charge in [-0.2, -0.15) is 0 Å². The molecule has 0 unspecified atom stereocenters. The zero-order valence-corrected chi connectivity index (χ0v) is 8.35. The first-order valence-corrected chi connectivity index (χ1v) is 4.21.